The lowest BCUT2D eigenvalue weighted by Gasteiger charge is -1.95. The van der Waals surface area contributed by atoms with Crippen molar-refractivity contribution in [2.75, 3.05) is 0 Å². The zero-order valence-electron chi connectivity index (χ0n) is 13.2. The van der Waals surface area contributed by atoms with E-state index in [1.807, 2.05) is 24.3 Å². The summed E-state index contributed by atoms with van der Waals surface area (Å²) < 4.78 is 0. The van der Waals surface area contributed by atoms with Crippen molar-refractivity contribution in [3.8, 4) is 0 Å². The number of nitro benzene ring substituents is 1. The summed E-state index contributed by atoms with van der Waals surface area (Å²) in [4.78, 5) is 34.5. The van der Waals surface area contributed by atoms with Gasteiger partial charge in [-0.05, 0) is 47.7 Å². The van der Waals surface area contributed by atoms with E-state index in [9.17, 15) is 14.9 Å². The summed E-state index contributed by atoms with van der Waals surface area (Å²) in [7, 11) is 0. The third kappa shape index (κ3) is 3.20. The number of benzene rings is 2. The number of nitrogens with zero attached hydrogens (tertiary/aromatic N) is 3. The lowest BCUT2D eigenvalue weighted by atomic mass is 10.2. The molecular weight excluding hydrogens is 354 g/mol. The molecule has 0 radical (unpaired) electrons. The first kappa shape index (κ1) is 16.0. The monoisotopic (exact) mass is 365 g/mol. The van der Waals surface area contributed by atoms with E-state index in [2.05, 4.69) is 20.3 Å². The van der Waals surface area contributed by atoms with Crippen molar-refractivity contribution in [3.05, 3.63) is 69.1 Å². The maximum Gasteiger partial charge on any atom is 0.269 e. The van der Waals surface area contributed by atoms with Crippen molar-refractivity contribution in [1.82, 2.24) is 15.3 Å². The molecule has 1 aliphatic heterocycles. The Morgan fingerprint density at radius 2 is 1.92 bits per heavy atom. The number of para-hydroxylation sites is 2. The summed E-state index contributed by atoms with van der Waals surface area (Å²) in [5, 5.41) is 13.8. The van der Waals surface area contributed by atoms with Gasteiger partial charge in [-0.1, -0.05) is 12.1 Å². The summed E-state index contributed by atoms with van der Waals surface area (Å²) in [6.07, 6.45) is 1.66. The number of amidine groups is 1. The highest BCUT2D eigenvalue weighted by atomic mass is 32.2. The van der Waals surface area contributed by atoms with Gasteiger partial charge in [-0.25, -0.2) is 4.98 Å². The molecular formula is C17H11N5O3S. The van der Waals surface area contributed by atoms with Crippen molar-refractivity contribution in [1.29, 1.82) is 0 Å². The summed E-state index contributed by atoms with van der Waals surface area (Å²) in [5.74, 6) is 0.133. The van der Waals surface area contributed by atoms with E-state index < -0.39 is 4.92 Å². The Morgan fingerprint density at radius 1 is 1.15 bits per heavy atom. The number of hydrogen-bond acceptors (Lipinski definition) is 6. The molecule has 0 spiro atoms. The first-order valence-electron chi connectivity index (χ1n) is 7.57. The van der Waals surface area contributed by atoms with Crippen LogP contribution in [-0.4, -0.2) is 26.0 Å². The quantitative estimate of drug-likeness (QED) is 0.420. The molecule has 128 valence electrons. The van der Waals surface area contributed by atoms with Crippen LogP contribution >= 0.6 is 11.8 Å². The third-order valence-electron chi connectivity index (χ3n) is 3.64. The van der Waals surface area contributed by atoms with Gasteiger partial charge in [-0.3, -0.25) is 14.9 Å². The molecule has 2 aromatic carbocycles. The predicted molar refractivity (Wildman–Crippen MR) is 100.0 cm³/mol. The van der Waals surface area contributed by atoms with E-state index in [1.54, 1.807) is 18.2 Å². The van der Waals surface area contributed by atoms with Crippen LogP contribution in [0.5, 0.6) is 0 Å². The van der Waals surface area contributed by atoms with Crippen LogP contribution in [0.4, 0.5) is 11.6 Å². The van der Waals surface area contributed by atoms with Gasteiger partial charge >= 0.3 is 0 Å². The molecule has 9 heteroatoms. The molecule has 0 bridgehead atoms. The van der Waals surface area contributed by atoms with E-state index in [0.29, 0.717) is 21.6 Å². The zero-order chi connectivity index (χ0) is 18.1. The number of amides is 1. The van der Waals surface area contributed by atoms with Gasteiger partial charge in [0.1, 0.15) is 0 Å². The number of H-pyrrole nitrogens is 1. The molecule has 0 aliphatic carbocycles. The molecule has 2 N–H and O–H groups in total. The minimum Gasteiger partial charge on any atom is -0.322 e. The first-order valence-corrected chi connectivity index (χ1v) is 8.39. The first-order chi connectivity index (χ1) is 12.6. The zero-order valence-corrected chi connectivity index (χ0v) is 14.0. The SMILES string of the molecule is O=C1N/C(=N/c2nc3ccccc3[nH]2)S/C1=C\c1ccc([N+](=O)[O-])cc1. The number of imidazole rings is 1. The number of aromatic amines is 1. The topological polar surface area (TPSA) is 113 Å². The van der Waals surface area contributed by atoms with Crippen LogP contribution < -0.4 is 5.32 Å². The van der Waals surface area contributed by atoms with Crippen molar-refractivity contribution in [3.63, 3.8) is 0 Å². The number of aliphatic imine (C=N–C) groups is 1. The number of nitrogens with one attached hydrogen (secondary N) is 2. The number of carbonyl (C=O) groups excluding carboxylic acids is 1. The fourth-order valence-electron chi connectivity index (χ4n) is 2.41. The highest BCUT2D eigenvalue weighted by molar-refractivity contribution is 8.18. The average Bonchev–Trinajstić information content (AvgIpc) is 3.18. The second-order valence-corrected chi connectivity index (χ2v) is 6.44. The van der Waals surface area contributed by atoms with Crippen LogP contribution in [0.25, 0.3) is 17.1 Å². The largest absolute Gasteiger partial charge is 0.322 e. The highest BCUT2D eigenvalue weighted by Crippen LogP contribution is 2.28. The van der Waals surface area contributed by atoms with Gasteiger partial charge < -0.3 is 10.3 Å². The Labute approximate surface area is 151 Å². The summed E-state index contributed by atoms with van der Waals surface area (Å²) in [5.41, 5.74) is 2.35. The smallest absolute Gasteiger partial charge is 0.269 e. The summed E-state index contributed by atoms with van der Waals surface area (Å²) in [6.45, 7) is 0. The summed E-state index contributed by atoms with van der Waals surface area (Å²) in [6, 6.07) is 13.5. The number of thioether (sulfide) groups is 1. The molecule has 1 amide bonds. The molecule has 1 saturated heterocycles. The van der Waals surface area contributed by atoms with E-state index in [1.165, 1.54) is 23.9 Å². The number of hydrogen-bond donors (Lipinski definition) is 2. The van der Waals surface area contributed by atoms with E-state index in [-0.39, 0.29) is 11.6 Å². The number of rotatable bonds is 3. The Kier molecular flexibility index (Phi) is 3.98. The van der Waals surface area contributed by atoms with Crippen molar-refractivity contribution in [2.24, 2.45) is 4.99 Å². The Hall–Kier alpha value is -3.46. The number of carbonyl (C=O) groups is 1. The highest BCUT2D eigenvalue weighted by Gasteiger charge is 2.24. The molecule has 1 aliphatic rings. The third-order valence-corrected chi connectivity index (χ3v) is 4.55. The minimum atomic E-state index is -0.466. The lowest BCUT2D eigenvalue weighted by molar-refractivity contribution is -0.384. The molecule has 3 aromatic rings. The van der Waals surface area contributed by atoms with E-state index in [0.717, 1.165) is 11.0 Å². The van der Waals surface area contributed by atoms with Crippen molar-refractivity contribution < 1.29 is 9.72 Å². The maximum atomic E-state index is 12.1. The minimum absolute atomic E-state index is 0.00261. The normalized spacial score (nSPS) is 17.2. The van der Waals surface area contributed by atoms with E-state index in [4.69, 9.17) is 0 Å². The van der Waals surface area contributed by atoms with Crippen LogP contribution in [0.15, 0.2) is 58.4 Å². The maximum absolute atomic E-state index is 12.1. The number of aromatic nitrogens is 2. The second-order valence-electron chi connectivity index (χ2n) is 5.41. The number of nitro groups is 1. The van der Waals surface area contributed by atoms with Gasteiger partial charge in [0.05, 0.1) is 20.9 Å². The Bertz CT molecular complexity index is 1050. The fourth-order valence-corrected chi connectivity index (χ4v) is 3.24. The van der Waals surface area contributed by atoms with Gasteiger partial charge in [0.15, 0.2) is 5.17 Å². The van der Waals surface area contributed by atoms with Gasteiger partial charge in [0.25, 0.3) is 11.6 Å². The fraction of sp³-hybridized carbons (Fsp3) is 0. The molecule has 0 unspecified atom stereocenters. The second kappa shape index (κ2) is 6.45. The van der Waals surface area contributed by atoms with Gasteiger partial charge in [-0.15, -0.1) is 0 Å². The van der Waals surface area contributed by atoms with Crippen LogP contribution in [0, 0.1) is 10.1 Å². The molecule has 0 atom stereocenters. The summed E-state index contributed by atoms with van der Waals surface area (Å²) >= 11 is 1.19. The van der Waals surface area contributed by atoms with Crippen LogP contribution in [0.1, 0.15) is 5.56 Å². The molecule has 1 fully saturated rings. The molecule has 2 heterocycles. The number of non-ortho nitro benzene ring substituents is 1. The molecule has 26 heavy (non-hydrogen) atoms. The van der Waals surface area contributed by atoms with Crippen molar-refractivity contribution in [2.45, 2.75) is 0 Å². The van der Waals surface area contributed by atoms with Gasteiger partial charge in [0, 0.05) is 12.1 Å². The number of fused-ring (bicyclic) bond motifs is 1. The Balaban J connectivity index is 1.56. The van der Waals surface area contributed by atoms with Crippen LogP contribution in [0.3, 0.4) is 0 Å². The van der Waals surface area contributed by atoms with Crippen LogP contribution in [-0.2, 0) is 4.79 Å². The molecule has 8 nitrogen and oxygen atoms in total. The predicted octanol–water partition coefficient (Wildman–Crippen LogP) is 3.36. The van der Waals surface area contributed by atoms with Gasteiger partial charge in [0.2, 0.25) is 5.95 Å². The lowest BCUT2D eigenvalue weighted by Crippen LogP contribution is -2.19. The molecule has 1 aromatic heterocycles. The Morgan fingerprint density at radius 3 is 2.65 bits per heavy atom. The van der Waals surface area contributed by atoms with Gasteiger partial charge in [-0.2, -0.15) is 4.99 Å². The average molecular weight is 365 g/mol. The van der Waals surface area contributed by atoms with Crippen LogP contribution in [0.2, 0.25) is 0 Å². The van der Waals surface area contributed by atoms with E-state index >= 15 is 0 Å². The molecule has 4 rings (SSSR count). The van der Waals surface area contributed by atoms with Crippen molar-refractivity contribution >= 4 is 51.6 Å². The molecule has 0 saturated carbocycles. The standard InChI is InChI=1S/C17H11N5O3S/c23-15-14(9-10-5-7-11(8-6-10)22(24)25)26-17(20-15)21-16-18-12-3-1-2-4-13(12)19-16/h1-9H,(H2,18,19,20,21,23)/b14-9-.